The molecule has 0 spiro atoms. The third-order valence-corrected chi connectivity index (χ3v) is 12.8. The molecular weight excluding hydrogens is 1030 g/mol. The molecule has 8 amide bonds. The van der Waals surface area contributed by atoms with Crippen molar-refractivity contribution in [1.29, 1.82) is 0 Å². The molecule has 12 atom stereocenters. The smallest absolute Gasteiger partial charge is 0.258 e. The van der Waals surface area contributed by atoms with Crippen LogP contribution in [0, 0.1) is 0 Å². The molecule has 1 heterocycles. The maximum absolute atomic E-state index is 14.2. The highest BCUT2D eigenvalue weighted by Crippen LogP contribution is 2.10. The van der Waals surface area contributed by atoms with E-state index in [0.717, 1.165) is 6.92 Å². The van der Waals surface area contributed by atoms with E-state index in [-0.39, 0.29) is 25.7 Å². The van der Waals surface area contributed by atoms with Gasteiger partial charge in [-0.25, -0.2) is 0 Å². The van der Waals surface area contributed by atoms with Gasteiger partial charge in [-0.15, -0.1) is 0 Å². The van der Waals surface area contributed by atoms with Crippen molar-refractivity contribution < 1.29 is 57.5 Å². The van der Waals surface area contributed by atoms with Gasteiger partial charge >= 0.3 is 0 Å². The van der Waals surface area contributed by atoms with Crippen molar-refractivity contribution in [1.82, 2.24) is 53.2 Å². The first kappa shape index (κ1) is 62.0. The third-order valence-electron chi connectivity index (χ3n) is 12.8. The second-order valence-electron chi connectivity index (χ2n) is 19.3. The zero-order valence-electron chi connectivity index (χ0n) is 44.5. The summed E-state index contributed by atoms with van der Waals surface area (Å²) in [4.78, 5) is 166. The van der Waals surface area contributed by atoms with Crippen molar-refractivity contribution in [3.63, 3.8) is 0 Å². The van der Waals surface area contributed by atoms with E-state index in [9.17, 15) is 57.5 Å². The molecular formula is C56H68N12O12. The fraction of sp³-hybridized carbons (Fsp3) is 0.357. The normalized spacial score (nSPS) is 23.7. The highest BCUT2D eigenvalue weighted by atomic mass is 16.2. The van der Waals surface area contributed by atoms with Crippen molar-refractivity contribution in [2.45, 2.75) is 126 Å². The van der Waals surface area contributed by atoms with E-state index in [1.54, 1.807) is 121 Å². The van der Waals surface area contributed by atoms with Crippen LogP contribution in [-0.2, 0) is 83.2 Å². The predicted octanol–water partition coefficient (Wildman–Crippen LogP) is -3.05. The molecule has 4 aromatic rings. The van der Waals surface area contributed by atoms with E-state index in [1.807, 2.05) is 0 Å². The molecule has 1 saturated heterocycles. The van der Waals surface area contributed by atoms with Crippen LogP contribution >= 0.6 is 0 Å². The number of ketones is 2. The van der Waals surface area contributed by atoms with Gasteiger partial charge in [-0.3, -0.25) is 58.6 Å². The number of amides is 8. The fourth-order valence-corrected chi connectivity index (χ4v) is 8.24. The summed E-state index contributed by atoms with van der Waals surface area (Å²) in [6, 6.07) is 18.2. The van der Waals surface area contributed by atoms with Gasteiger partial charge in [0.25, 0.3) is 23.6 Å². The van der Waals surface area contributed by atoms with Gasteiger partial charge in [0.1, 0.15) is 36.7 Å². The number of rotatable bonds is 18. The van der Waals surface area contributed by atoms with Gasteiger partial charge in [-0.1, -0.05) is 121 Å². The molecule has 0 radical (unpaired) electrons. The number of nitrogens with one attached hydrogen (secondary N) is 10. The molecule has 8 unspecified atom stereocenters. The van der Waals surface area contributed by atoms with Crippen molar-refractivity contribution in [2.75, 3.05) is 0 Å². The maximum Gasteiger partial charge on any atom is 0.258 e. The molecule has 0 bridgehead atoms. The quantitative estimate of drug-likeness (QED) is 0.0348. The monoisotopic (exact) mass is 1100 g/mol. The number of nitrogens with two attached hydrogens (primary N) is 2. The third kappa shape index (κ3) is 18.7. The summed E-state index contributed by atoms with van der Waals surface area (Å²) in [6.45, 7) is 4.71. The standard InChI is InChI=1S/C56H68N12O12/c1-31-49(73)65-44(46(72)42(58)28-38-23-15-8-16-24-38)54(78)60-33(3)51(75)67-48(64-40(30-70)26-36-19-11-6-12-20-36)56(80)62-34(4)52(76)68-47(63-39(29-69)25-35-17-9-5-10-18-35)55(79)61-32(2)50(74)66-43(53(77)59-31)45(71)41(57)27-37-21-13-7-14-22-37/h5-24,29-34,39-44,47-48,63-64H,25-28,57-58H2,1-4H3,(H,59,77)(H,60,78)(H,61,79)(H,62,80)(H,65,73)(H,66,74)(H,67,75)(H,68,76)/t31?,32?,33?,34?,39-,40-,41+,42+,43?,44?,47?,48?/m1/s1. The first-order valence-electron chi connectivity index (χ1n) is 25.8. The summed E-state index contributed by atoms with van der Waals surface area (Å²) in [5.74, 6) is -11.3. The van der Waals surface area contributed by atoms with Crippen LogP contribution in [0.4, 0.5) is 0 Å². The summed E-state index contributed by atoms with van der Waals surface area (Å²) in [7, 11) is 0. The average Bonchev–Trinajstić information content (AvgIpc) is 3.44. The lowest BCUT2D eigenvalue weighted by atomic mass is 9.97. The molecule has 5 rings (SSSR count). The average molecular weight is 1100 g/mol. The largest absolute Gasteiger partial charge is 0.342 e. The number of hydrogen-bond donors (Lipinski definition) is 12. The first-order valence-corrected chi connectivity index (χ1v) is 25.8. The highest BCUT2D eigenvalue weighted by Gasteiger charge is 2.39. The summed E-state index contributed by atoms with van der Waals surface area (Å²) >= 11 is 0. The van der Waals surface area contributed by atoms with Crippen LogP contribution in [0.3, 0.4) is 0 Å². The molecule has 14 N–H and O–H groups in total. The van der Waals surface area contributed by atoms with Crippen molar-refractivity contribution in [3.8, 4) is 0 Å². The Morgan fingerprint density at radius 1 is 0.388 bits per heavy atom. The van der Waals surface area contributed by atoms with Crippen LogP contribution in [0.25, 0.3) is 0 Å². The Labute approximate surface area is 461 Å². The minimum Gasteiger partial charge on any atom is -0.342 e. The lowest BCUT2D eigenvalue weighted by Crippen LogP contribution is -2.66. The SMILES string of the molecule is CC1NC(=O)C(N[C@@H](C=O)Cc2ccccc2)NC(=O)C(C)NC(=O)C(C(=O)[C@@H](N)Cc2ccccc2)NC(=O)C(C)NC(=O)C(C(=O)[C@@H](N)Cc2ccccc2)NC(=O)C(C)NC(=O)C(N[C@@H](C=O)Cc2ccccc2)NC1=O. The van der Waals surface area contributed by atoms with Gasteiger partial charge in [-0.05, 0) is 75.6 Å². The number of aldehydes is 2. The Bertz CT molecular complexity index is 2720. The second-order valence-corrected chi connectivity index (χ2v) is 19.3. The Kier molecular flexibility index (Phi) is 23.5. The topological polar surface area (TPSA) is 377 Å². The summed E-state index contributed by atoms with van der Waals surface area (Å²) in [5, 5.41) is 24.4. The Morgan fingerprint density at radius 3 is 0.912 bits per heavy atom. The molecule has 0 aromatic heterocycles. The number of carbonyl (C=O) groups is 12. The van der Waals surface area contributed by atoms with Gasteiger partial charge in [0.2, 0.25) is 23.6 Å². The molecule has 1 aliphatic rings. The van der Waals surface area contributed by atoms with E-state index in [1.165, 1.54) is 20.8 Å². The Hall–Kier alpha value is -8.84. The van der Waals surface area contributed by atoms with E-state index in [0.29, 0.717) is 34.8 Å². The van der Waals surface area contributed by atoms with Crippen LogP contribution in [0.2, 0.25) is 0 Å². The van der Waals surface area contributed by atoms with Crippen LogP contribution in [0.5, 0.6) is 0 Å². The van der Waals surface area contributed by atoms with Gasteiger partial charge < -0.3 is 63.6 Å². The molecule has 0 saturated carbocycles. The van der Waals surface area contributed by atoms with Gasteiger partial charge in [0.05, 0.1) is 24.2 Å². The number of carbonyl (C=O) groups excluding carboxylic acids is 12. The highest BCUT2D eigenvalue weighted by molar-refractivity contribution is 6.13. The summed E-state index contributed by atoms with van der Waals surface area (Å²) in [5.41, 5.74) is 15.2. The lowest BCUT2D eigenvalue weighted by molar-refractivity contribution is -0.140. The molecule has 1 fully saturated rings. The van der Waals surface area contributed by atoms with Gasteiger partial charge in [0.15, 0.2) is 36.0 Å². The number of benzene rings is 4. The van der Waals surface area contributed by atoms with Gasteiger partial charge in [-0.2, -0.15) is 0 Å². The molecule has 0 aliphatic carbocycles. The van der Waals surface area contributed by atoms with Crippen LogP contribution < -0.4 is 64.6 Å². The minimum absolute atomic E-state index is 0.0104. The summed E-state index contributed by atoms with van der Waals surface area (Å²) < 4.78 is 0. The number of Topliss-reactive ketones (excluding diaryl/α,β-unsaturated/α-hetero) is 2. The second kappa shape index (κ2) is 30.3. The van der Waals surface area contributed by atoms with Crippen LogP contribution in [-0.4, -0.2) is 144 Å². The molecule has 24 heteroatoms. The van der Waals surface area contributed by atoms with E-state index < -0.39 is 132 Å². The van der Waals surface area contributed by atoms with E-state index >= 15 is 0 Å². The maximum atomic E-state index is 14.2. The molecule has 1 aliphatic heterocycles. The van der Waals surface area contributed by atoms with Crippen LogP contribution in [0.15, 0.2) is 121 Å². The predicted molar refractivity (Wildman–Crippen MR) is 291 cm³/mol. The van der Waals surface area contributed by atoms with Crippen LogP contribution in [0.1, 0.15) is 49.9 Å². The van der Waals surface area contributed by atoms with Crippen molar-refractivity contribution >= 4 is 71.4 Å². The fourth-order valence-electron chi connectivity index (χ4n) is 8.24. The minimum atomic E-state index is -2.14. The molecule has 4 aromatic carbocycles. The summed E-state index contributed by atoms with van der Waals surface area (Å²) in [6.07, 6.45) is -2.90. The Morgan fingerprint density at radius 2 is 0.637 bits per heavy atom. The van der Waals surface area contributed by atoms with Gasteiger partial charge in [0, 0.05) is 0 Å². The Balaban J connectivity index is 1.54. The first-order chi connectivity index (χ1) is 38.2. The van der Waals surface area contributed by atoms with E-state index in [2.05, 4.69) is 53.2 Å². The number of hydrogen-bond acceptors (Lipinski definition) is 16. The van der Waals surface area contributed by atoms with Crippen molar-refractivity contribution in [3.05, 3.63) is 144 Å². The van der Waals surface area contributed by atoms with E-state index in [4.69, 9.17) is 11.5 Å². The molecule has 24 nitrogen and oxygen atoms in total. The molecule has 424 valence electrons. The van der Waals surface area contributed by atoms with Crippen molar-refractivity contribution in [2.24, 2.45) is 11.5 Å². The lowest BCUT2D eigenvalue weighted by Gasteiger charge is -2.29. The molecule has 80 heavy (non-hydrogen) atoms. The zero-order chi connectivity index (χ0) is 58.5. The zero-order valence-corrected chi connectivity index (χ0v) is 44.5.